The molecule has 0 atom stereocenters. The van der Waals surface area contributed by atoms with Gasteiger partial charge >= 0.3 is 33.0 Å². The van der Waals surface area contributed by atoms with E-state index < -0.39 is 0 Å². The summed E-state index contributed by atoms with van der Waals surface area (Å²) in [5.74, 6) is 0. The maximum atomic E-state index is 4.70. The molecular weight excluding hydrogens is 322 g/mol. The summed E-state index contributed by atoms with van der Waals surface area (Å²) in [7, 11) is 9.40. The van der Waals surface area contributed by atoms with Gasteiger partial charge in [-0.2, -0.15) is 0 Å². The maximum absolute atomic E-state index is 4.70. The van der Waals surface area contributed by atoms with Gasteiger partial charge in [-0.25, -0.2) is 0 Å². The van der Waals surface area contributed by atoms with E-state index in [1.165, 1.54) is 51.4 Å². The molecule has 2 aliphatic rings. The number of hydrogen-bond acceptors (Lipinski definition) is 0. The van der Waals surface area contributed by atoms with Crippen molar-refractivity contribution >= 4 is 20.4 Å². The molecule has 0 unspecified atom stereocenters. The molecule has 2 rings (SSSR count). The third kappa shape index (κ3) is 18.0. The van der Waals surface area contributed by atoms with Crippen LogP contribution in [0, 0.1) is 0 Å². The van der Waals surface area contributed by atoms with E-state index >= 15 is 0 Å². The number of rotatable bonds is 0. The van der Waals surface area contributed by atoms with Gasteiger partial charge in [-0.1, -0.05) is 48.6 Å². The van der Waals surface area contributed by atoms with Crippen LogP contribution in [0.1, 0.15) is 51.4 Å². The average Bonchev–Trinajstić information content (AvgIpc) is 2.28. The first-order chi connectivity index (χ1) is 9.41. The van der Waals surface area contributed by atoms with Crippen LogP contribution in [0.3, 0.4) is 0 Å². The predicted molar refractivity (Wildman–Crippen MR) is 85.2 cm³/mol. The number of hydrogen-bond donors (Lipinski definition) is 0. The van der Waals surface area contributed by atoms with E-state index in [-0.39, 0.29) is 0 Å². The average molecular weight is 346 g/mol. The summed E-state index contributed by atoms with van der Waals surface area (Å²) < 4.78 is 0. The van der Waals surface area contributed by atoms with Crippen molar-refractivity contribution in [3.8, 4) is 0 Å². The van der Waals surface area contributed by atoms with Gasteiger partial charge in [-0.3, -0.25) is 0 Å². The van der Waals surface area contributed by atoms with Gasteiger partial charge in [0.15, 0.2) is 0 Å². The quantitative estimate of drug-likeness (QED) is 0.337. The van der Waals surface area contributed by atoms with E-state index in [0.29, 0.717) is 12.7 Å². The van der Waals surface area contributed by atoms with Crippen LogP contribution in [0.4, 0.5) is 0 Å². The van der Waals surface area contributed by atoms with Crippen LogP contribution in [0.5, 0.6) is 0 Å². The fraction of sp³-hybridized carbons (Fsp3) is 0.500. The van der Waals surface area contributed by atoms with Crippen LogP contribution in [-0.2, 0) is 12.7 Å². The van der Waals surface area contributed by atoms with E-state index in [9.17, 15) is 0 Å². The van der Waals surface area contributed by atoms with Crippen LogP contribution < -0.4 is 0 Å². The molecule has 0 fully saturated rings. The zero-order valence-corrected chi connectivity index (χ0v) is 13.8. The van der Waals surface area contributed by atoms with E-state index in [1.54, 1.807) is 0 Å². The van der Waals surface area contributed by atoms with Crippen molar-refractivity contribution < 1.29 is 12.7 Å². The fourth-order valence-electron chi connectivity index (χ4n) is 1.71. The van der Waals surface area contributed by atoms with Crippen molar-refractivity contribution in [1.82, 2.24) is 0 Å². The summed E-state index contributed by atoms with van der Waals surface area (Å²) in [6.07, 6.45) is 28.0. The van der Waals surface area contributed by atoms with E-state index in [2.05, 4.69) is 48.6 Å². The minimum atomic E-state index is 0.569. The number of halogens is 2. The molecule has 0 bridgehead atoms. The standard InChI is InChI=1S/2C8H12.2ClH.Ni/c2*1-2-4-6-8-7-5-3-1;;;/h2*1-2,7-8H,3-6H2;2*1H;/q;;;;+2/p-2. The first-order valence-electron chi connectivity index (χ1n) is 6.84. The van der Waals surface area contributed by atoms with Gasteiger partial charge in [0, 0.05) is 0 Å². The Kier molecular flexibility index (Phi) is 18.1. The molecule has 0 spiro atoms. The van der Waals surface area contributed by atoms with Gasteiger partial charge in [0.1, 0.15) is 0 Å². The van der Waals surface area contributed by atoms with Crippen LogP contribution in [-0.4, -0.2) is 0 Å². The van der Waals surface area contributed by atoms with Crippen LogP contribution in [0.25, 0.3) is 0 Å². The molecule has 0 aliphatic heterocycles. The normalized spacial score (nSPS) is 18.0. The summed E-state index contributed by atoms with van der Waals surface area (Å²) in [5, 5.41) is 0. The summed E-state index contributed by atoms with van der Waals surface area (Å²) in [6, 6.07) is 0. The molecule has 0 heterocycles. The first-order valence-corrected chi connectivity index (χ1v) is 9.56. The third-order valence-corrected chi connectivity index (χ3v) is 2.67. The molecular formula is C16H24Cl2Ni. The summed E-state index contributed by atoms with van der Waals surface area (Å²) in [5.41, 5.74) is 0. The second kappa shape index (κ2) is 18.0. The van der Waals surface area contributed by atoms with Gasteiger partial charge in [0.25, 0.3) is 0 Å². The van der Waals surface area contributed by atoms with E-state index in [4.69, 9.17) is 20.4 Å². The molecule has 19 heavy (non-hydrogen) atoms. The van der Waals surface area contributed by atoms with Crippen molar-refractivity contribution in [2.75, 3.05) is 0 Å². The Morgan fingerprint density at radius 3 is 0.632 bits per heavy atom. The molecule has 0 aromatic heterocycles. The Morgan fingerprint density at radius 2 is 0.526 bits per heavy atom. The van der Waals surface area contributed by atoms with E-state index in [0.717, 1.165) is 0 Å². The van der Waals surface area contributed by atoms with Crippen molar-refractivity contribution in [3.63, 3.8) is 0 Å². The minimum absolute atomic E-state index is 0.569. The molecule has 0 radical (unpaired) electrons. The SMILES string of the molecule is C1=CCCC=CCC1.C1=CCCC=CCC1.[Cl][Ni][Cl]. The molecule has 0 aromatic rings. The van der Waals surface area contributed by atoms with Gasteiger partial charge in [-0.05, 0) is 51.4 Å². The Labute approximate surface area is 133 Å². The topological polar surface area (TPSA) is 0 Å². The monoisotopic (exact) mass is 344 g/mol. The van der Waals surface area contributed by atoms with Crippen molar-refractivity contribution in [1.29, 1.82) is 0 Å². The zero-order chi connectivity index (χ0) is 14.0. The van der Waals surface area contributed by atoms with Gasteiger partial charge in [0.05, 0.1) is 0 Å². The Balaban J connectivity index is 0.000000284. The van der Waals surface area contributed by atoms with Crippen molar-refractivity contribution in [2.45, 2.75) is 51.4 Å². The van der Waals surface area contributed by atoms with Gasteiger partial charge < -0.3 is 0 Å². The Bertz CT molecular complexity index is 200. The Morgan fingerprint density at radius 1 is 0.421 bits per heavy atom. The molecule has 0 aromatic carbocycles. The predicted octanol–water partition coefficient (Wildman–Crippen LogP) is 6.72. The van der Waals surface area contributed by atoms with Gasteiger partial charge in [0.2, 0.25) is 0 Å². The third-order valence-electron chi connectivity index (χ3n) is 2.67. The zero-order valence-electron chi connectivity index (χ0n) is 11.3. The second-order valence-corrected chi connectivity index (χ2v) is 5.87. The van der Waals surface area contributed by atoms with Gasteiger partial charge in [-0.15, -0.1) is 0 Å². The molecule has 3 heteroatoms. The van der Waals surface area contributed by atoms with Crippen LogP contribution >= 0.6 is 20.4 Å². The Hall–Kier alpha value is 0.0335. The fourth-order valence-corrected chi connectivity index (χ4v) is 1.71. The van der Waals surface area contributed by atoms with Crippen LogP contribution in [0.15, 0.2) is 48.6 Å². The van der Waals surface area contributed by atoms with Crippen LogP contribution in [0.2, 0.25) is 0 Å². The molecule has 0 N–H and O–H groups in total. The summed E-state index contributed by atoms with van der Waals surface area (Å²) in [4.78, 5) is 0. The first kappa shape index (κ1) is 19.0. The molecule has 2 aliphatic carbocycles. The molecule has 0 saturated carbocycles. The summed E-state index contributed by atoms with van der Waals surface area (Å²) >= 11 is 0.569. The molecule has 0 amide bonds. The van der Waals surface area contributed by atoms with Crippen molar-refractivity contribution in [3.05, 3.63) is 48.6 Å². The summed E-state index contributed by atoms with van der Waals surface area (Å²) in [6.45, 7) is 0. The second-order valence-electron chi connectivity index (χ2n) is 4.24. The molecule has 0 nitrogen and oxygen atoms in total. The van der Waals surface area contributed by atoms with E-state index in [1.807, 2.05) is 0 Å². The van der Waals surface area contributed by atoms with Crippen molar-refractivity contribution in [2.24, 2.45) is 0 Å². The molecule has 0 saturated heterocycles. The molecule has 112 valence electrons. The number of allylic oxidation sites excluding steroid dienone is 8.